The van der Waals surface area contributed by atoms with Gasteiger partial charge in [-0.05, 0) is 30.3 Å². The molecule has 0 unspecified atom stereocenters. The van der Waals surface area contributed by atoms with Crippen LogP contribution in [-0.2, 0) is 9.53 Å². The molecule has 114 valence electrons. The quantitative estimate of drug-likeness (QED) is 0.790. The zero-order chi connectivity index (χ0) is 15.9. The first-order chi connectivity index (χ1) is 10.6. The Balaban J connectivity index is 2.09. The molecule has 6 heteroatoms. The Bertz CT molecular complexity index is 685. The van der Waals surface area contributed by atoms with Gasteiger partial charge in [-0.1, -0.05) is 18.2 Å². The number of benzene rings is 2. The molecule has 2 aromatic carbocycles. The van der Waals surface area contributed by atoms with Crippen LogP contribution in [0.2, 0.25) is 0 Å². The number of hydrogen-bond acceptors (Lipinski definition) is 4. The molecular formula is C16H16N2O4. The van der Waals surface area contributed by atoms with Gasteiger partial charge in [0.05, 0.1) is 5.56 Å². The lowest BCUT2D eigenvalue weighted by molar-refractivity contribution is -0.119. The molecule has 0 bridgehead atoms. The monoisotopic (exact) mass is 300 g/mol. The smallest absolute Gasteiger partial charge is 0.259 e. The third-order valence-electron chi connectivity index (χ3n) is 2.83. The molecular weight excluding hydrogens is 284 g/mol. The first-order valence-electron chi connectivity index (χ1n) is 6.58. The maximum atomic E-state index is 12.1. The van der Waals surface area contributed by atoms with Gasteiger partial charge < -0.3 is 20.5 Å². The average Bonchev–Trinajstić information content (AvgIpc) is 2.48. The molecule has 0 radical (unpaired) electrons. The minimum Gasteiger partial charge on any atom is -0.507 e. The van der Waals surface area contributed by atoms with Crippen LogP contribution in [0.3, 0.4) is 0 Å². The lowest BCUT2D eigenvalue weighted by Gasteiger charge is -2.09. The Labute approximate surface area is 127 Å². The largest absolute Gasteiger partial charge is 0.507 e. The Kier molecular flexibility index (Phi) is 5.11. The van der Waals surface area contributed by atoms with Crippen molar-refractivity contribution in [1.29, 1.82) is 0 Å². The summed E-state index contributed by atoms with van der Waals surface area (Å²) < 4.78 is 4.73. The van der Waals surface area contributed by atoms with E-state index in [0.29, 0.717) is 11.4 Å². The molecule has 0 aliphatic rings. The van der Waals surface area contributed by atoms with E-state index in [2.05, 4.69) is 10.6 Å². The van der Waals surface area contributed by atoms with E-state index in [4.69, 9.17) is 4.74 Å². The van der Waals surface area contributed by atoms with Gasteiger partial charge in [0, 0.05) is 18.5 Å². The minimum atomic E-state index is -0.432. The molecule has 0 fully saturated rings. The van der Waals surface area contributed by atoms with Crippen LogP contribution in [0.5, 0.6) is 5.75 Å². The first kappa shape index (κ1) is 15.5. The highest BCUT2D eigenvalue weighted by molar-refractivity contribution is 6.06. The number of carbonyl (C=O) groups excluding carboxylic acids is 2. The number of aromatic hydroxyl groups is 1. The van der Waals surface area contributed by atoms with Crippen molar-refractivity contribution in [2.75, 3.05) is 24.4 Å². The number of nitrogens with one attached hydrogen (secondary N) is 2. The van der Waals surface area contributed by atoms with Crippen molar-refractivity contribution in [2.24, 2.45) is 0 Å². The second kappa shape index (κ2) is 7.24. The van der Waals surface area contributed by atoms with E-state index in [-0.39, 0.29) is 23.8 Å². The van der Waals surface area contributed by atoms with Gasteiger partial charge in [-0.25, -0.2) is 0 Å². The summed E-state index contributed by atoms with van der Waals surface area (Å²) in [5.41, 5.74) is 1.22. The van der Waals surface area contributed by atoms with E-state index < -0.39 is 5.91 Å². The number of phenolic OH excluding ortho intramolecular Hbond substituents is 1. The maximum Gasteiger partial charge on any atom is 0.259 e. The van der Waals surface area contributed by atoms with E-state index in [1.165, 1.54) is 19.2 Å². The fourth-order valence-electron chi connectivity index (χ4n) is 1.87. The van der Waals surface area contributed by atoms with Crippen LogP contribution in [0.15, 0.2) is 48.5 Å². The SMILES string of the molecule is COCC(=O)Nc1cccc(NC(=O)c2ccccc2O)c1. The van der Waals surface area contributed by atoms with Crippen molar-refractivity contribution >= 4 is 23.2 Å². The molecule has 0 saturated carbocycles. The molecule has 0 aliphatic carbocycles. The molecule has 6 nitrogen and oxygen atoms in total. The minimum absolute atomic E-state index is 0.0471. The second-order valence-corrected chi connectivity index (χ2v) is 4.53. The molecule has 0 atom stereocenters. The molecule has 0 aromatic heterocycles. The highest BCUT2D eigenvalue weighted by Gasteiger charge is 2.10. The van der Waals surface area contributed by atoms with Gasteiger partial charge in [-0.3, -0.25) is 9.59 Å². The van der Waals surface area contributed by atoms with E-state index in [9.17, 15) is 14.7 Å². The number of phenols is 1. The van der Waals surface area contributed by atoms with Gasteiger partial charge in [0.2, 0.25) is 5.91 Å². The normalized spacial score (nSPS) is 10.0. The van der Waals surface area contributed by atoms with Gasteiger partial charge in [0.25, 0.3) is 5.91 Å². The van der Waals surface area contributed by atoms with Crippen LogP contribution in [-0.4, -0.2) is 30.6 Å². The standard InChI is InChI=1S/C16H16N2O4/c1-22-10-15(20)17-11-5-4-6-12(9-11)18-16(21)13-7-2-3-8-14(13)19/h2-9,19H,10H2,1H3,(H,17,20)(H,18,21). The number of ether oxygens (including phenoxy) is 1. The number of amides is 2. The van der Waals surface area contributed by atoms with Gasteiger partial charge in [0.1, 0.15) is 12.4 Å². The Morgan fingerprint density at radius 2 is 1.73 bits per heavy atom. The number of anilines is 2. The number of methoxy groups -OCH3 is 1. The Morgan fingerprint density at radius 3 is 2.41 bits per heavy atom. The first-order valence-corrected chi connectivity index (χ1v) is 6.58. The van der Waals surface area contributed by atoms with Crippen molar-refractivity contribution in [2.45, 2.75) is 0 Å². The molecule has 0 aliphatic heterocycles. The van der Waals surface area contributed by atoms with E-state index >= 15 is 0 Å². The molecule has 0 heterocycles. The van der Waals surface area contributed by atoms with Crippen molar-refractivity contribution < 1.29 is 19.4 Å². The summed E-state index contributed by atoms with van der Waals surface area (Å²) >= 11 is 0. The summed E-state index contributed by atoms with van der Waals surface area (Å²) in [5.74, 6) is -0.810. The fourth-order valence-corrected chi connectivity index (χ4v) is 1.87. The topological polar surface area (TPSA) is 87.7 Å². The van der Waals surface area contributed by atoms with Crippen LogP contribution >= 0.6 is 0 Å². The third kappa shape index (κ3) is 4.07. The zero-order valence-corrected chi connectivity index (χ0v) is 12.0. The van der Waals surface area contributed by atoms with E-state index in [0.717, 1.165) is 0 Å². The summed E-state index contributed by atoms with van der Waals surface area (Å²) in [5, 5.41) is 15.0. The molecule has 0 saturated heterocycles. The Hall–Kier alpha value is -2.86. The van der Waals surface area contributed by atoms with Gasteiger partial charge in [0.15, 0.2) is 0 Å². The van der Waals surface area contributed by atoms with Crippen LogP contribution < -0.4 is 10.6 Å². The van der Waals surface area contributed by atoms with Gasteiger partial charge in [-0.15, -0.1) is 0 Å². The molecule has 22 heavy (non-hydrogen) atoms. The third-order valence-corrected chi connectivity index (χ3v) is 2.83. The lowest BCUT2D eigenvalue weighted by atomic mass is 10.2. The van der Waals surface area contributed by atoms with Crippen LogP contribution in [0, 0.1) is 0 Å². The molecule has 3 N–H and O–H groups in total. The van der Waals surface area contributed by atoms with Gasteiger partial charge >= 0.3 is 0 Å². The highest BCUT2D eigenvalue weighted by Crippen LogP contribution is 2.19. The molecule has 2 aromatic rings. The van der Waals surface area contributed by atoms with Crippen molar-refractivity contribution in [3.8, 4) is 5.75 Å². The Morgan fingerprint density at radius 1 is 1.05 bits per heavy atom. The summed E-state index contributed by atoms with van der Waals surface area (Å²) in [4.78, 5) is 23.5. The molecule has 2 rings (SSSR count). The number of para-hydroxylation sites is 1. The predicted octanol–water partition coefficient (Wildman–Crippen LogP) is 2.23. The number of hydrogen-bond donors (Lipinski definition) is 3. The zero-order valence-electron chi connectivity index (χ0n) is 12.0. The summed E-state index contributed by atoms with van der Waals surface area (Å²) in [7, 11) is 1.43. The second-order valence-electron chi connectivity index (χ2n) is 4.53. The lowest BCUT2D eigenvalue weighted by Crippen LogP contribution is -2.17. The summed E-state index contributed by atoms with van der Waals surface area (Å²) in [6.07, 6.45) is 0. The van der Waals surface area contributed by atoms with Crippen molar-refractivity contribution in [3.63, 3.8) is 0 Å². The molecule has 2 amide bonds. The fraction of sp³-hybridized carbons (Fsp3) is 0.125. The summed E-state index contributed by atoms with van der Waals surface area (Å²) in [6.45, 7) is -0.0471. The van der Waals surface area contributed by atoms with E-state index in [1.807, 2.05) is 0 Å². The van der Waals surface area contributed by atoms with Gasteiger partial charge in [-0.2, -0.15) is 0 Å². The van der Waals surface area contributed by atoms with Crippen LogP contribution in [0.25, 0.3) is 0 Å². The van der Waals surface area contributed by atoms with Crippen molar-refractivity contribution in [1.82, 2.24) is 0 Å². The van der Waals surface area contributed by atoms with Crippen LogP contribution in [0.1, 0.15) is 10.4 Å². The highest BCUT2D eigenvalue weighted by atomic mass is 16.5. The average molecular weight is 300 g/mol. The summed E-state index contributed by atoms with van der Waals surface area (Å²) in [6, 6.07) is 13.0. The van der Waals surface area contributed by atoms with E-state index in [1.54, 1.807) is 36.4 Å². The maximum absolute atomic E-state index is 12.1. The number of carbonyl (C=O) groups is 2. The van der Waals surface area contributed by atoms with Crippen LogP contribution in [0.4, 0.5) is 11.4 Å². The molecule has 0 spiro atoms. The number of rotatable bonds is 5. The predicted molar refractivity (Wildman–Crippen MR) is 83.0 cm³/mol. The van der Waals surface area contributed by atoms with Crippen molar-refractivity contribution in [3.05, 3.63) is 54.1 Å².